The molecule has 2 nitrogen and oxygen atoms in total. The second-order valence-corrected chi connectivity index (χ2v) is 0.698. The molecule has 0 spiro atoms. The zero-order chi connectivity index (χ0) is 6.12. The molecule has 0 rings (SSSR count). The van der Waals surface area contributed by atoms with Crippen molar-refractivity contribution in [3.05, 3.63) is 14.0 Å². The van der Waals surface area contributed by atoms with E-state index in [0.29, 0.717) is 6.29 Å². The fourth-order valence-electron chi connectivity index (χ4n) is 0. The maximum Gasteiger partial charge on any atom is 2.00 e. The number of ether oxygens (including phenoxy) is 1. The molecule has 0 aliphatic carbocycles. The van der Waals surface area contributed by atoms with E-state index in [1.54, 1.807) is 0 Å². The summed E-state index contributed by atoms with van der Waals surface area (Å²) in [6.07, 6.45) is 0.500. The quantitative estimate of drug-likeness (QED) is 0.411. The Bertz CT molecular complexity index is 33.2. The van der Waals surface area contributed by atoms with Gasteiger partial charge in [-0.05, 0) is 6.29 Å². The van der Waals surface area contributed by atoms with Crippen molar-refractivity contribution < 1.29 is 30.6 Å². The summed E-state index contributed by atoms with van der Waals surface area (Å²) >= 11 is 4.90. The predicted octanol–water partition coefficient (Wildman–Crippen LogP) is 1.01. The third-order valence-corrected chi connectivity index (χ3v) is 0.231. The summed E-state index contributed by atoms with van der Waals surface area (Å²) in [5, 5.41) is 0. The van der Waals surface area contributed by atoms with E-state index in [0.717, 1.165) is 0 Å². The molecular formula is C4H7ClO2W. The van der Waals surface area contributed by atoms with E-state index in [2.05, 4.69) is 18.8 Å². The topological polar surface area (TPSA) is 26.3 Å². The molecule has 0 saturated heterocycles. The van der Waals surface area contributed by atoms with Crippen LogP contribution in [0.15, 0.2) is 0 Å². The van der Waals surface area contributed by atoms with Crippen LogP contribution in [0.2, 0.25) is 0 Å². The van der Waals surface area contributed by atoms with Crippen LogP contribution < -0.4 is 0 Å². The van der Waals surface area contributed by atoms with Crippen molar-refractivity contribution in [2.24, 2.45) is 0 Å². The van der Waals surface area contributed by atoms with Crippen molar-refractivity contribution in [2.75, 3.05) is 6.07 Å². The van der Waals surface area contributed by atoms with Gasteiger partial charge in [0.1, 0.15) is 0 Å². The van der Waals surface area contributed by atoms with Crippen molar-refractivity contribution in [1.29, 1.82) is 0 Å². The van der Waals surface area contributed by atoms with Crippen molar-refractivity contribution >= 4 is 17.9 Å². The number of hydrogen-bond donors (Lipinski definition) is 0. The Morgan fingerprint density at radius 3 is 1.88 bits per heavy atom. The van der Waals surface area contributed by atoms with E-state index in [9.17, 15) is 0 Å². The normalized spacial score (nSPS) is 5.25. The first-order chi connectivity index (χ1) is 3.33. The van der Waals surface area contributed by atoms with Gasteiger partial charge in [0.05, 0.1) is 6.07 Å². The molecule has 0 heterocycles. The number of halogens is 1. The second kappa shape index (κ2) is 25.9. The number of aldehydes is 1. The van der Waals surface area contributed by atoms with E-state index in [1.165, 1.54) is 0 Å². The summed E-state index contributed by atoms with van der Waals surface area (Å²) in [6.45, 7) is 2.81. The average molecular weight is 306 g/mol. The first-order valence-corrected chi connectivity index (χ1v) is 2.02. The van der Waals surface area contributed by atoms with Gasteiger partial charge in [0.15, 0.2) is 0 Å². The molecule has 8 heavy (non-hydrogen) atoms. The predicted molar refractivity (Wildman–Crippen MR) is 28.6 cm³/mol. The van der Waals surface area contributed by atoms with E-state index in [1.807, 2.05) is 0 Å². The number of alkyl halides is 1. The Balaban J connectivity index is -0.0000000575. The van der Waals surface area contributed by atoms with E-state index < -0.39 is 0 Å². The number of rotatable bonds is 1. The van der Waals surface area contributed by atoms with Gasteiger partial charge in [-0.1, -0.05) is 11.6 Å². The monoisotopic (exact) mass is 306 g/mol. The van der Waals surface area contributed by atoms with Crippen LogP contribution in [0.1, 0.15) is 0 Å². The Morgan fingerprint density at radius 1 is 1.75 bits per heavy atom. The first-order valence-electron chi connectivity index (χ1n) is 1.49. The summed E-state index contributed by atoms with van der Waals surface area (Å²) in [5.74, 6) is 0. The van der Waals surface area contributed by atoms with Gasteiger partial charge in [0.25, 0.3) is 0 Å². The van der Waals surface area contributed by atoms with Crippen LogP contribution in [0.5, 0.6) is 0 Å². The van der Waals surface area contributed by atoms with Gasteiger partial charge in [-0.15, -0.1) is 0 Å². The summed E-state index contributed by atoms with van der Waals surface area (Å²) in [5.41, 5.74) is 0. The molecule has 0 aromatic rings. The molecular weight excluding hydrogens is 299 g/mol. The van der Waals surface area contributed by atoms with E-state index in [-0.39, 0.29) is 27.1 Å². The van der Waals surface area contributed by atoms with Crippen molar-refractivity contribution in [3.8, 4) is 0 Å². The first kappa shape index (κ1) is 15.8. The third kappa shape index (κ3) is 89.0. The number of carbonyl (C=O) groups is 1. The summed E-state index contributed by atoms with van der Waals surface area (Å²) in [4.78, 5) is 8.69. The van der Waals surface area contributed by atoms with Crippen molar-refractivity contribution in [3.63, 3.8) is 0 Å². The molecule has 0 radical (unpaired) electrons. The molecule has 0 saturated carbocycles. The molecule has 4 heteroatoms. The van der Waals surface area contributed by atoms with Crippen LogP contribution in [-0.4, -0.2) is 12.4 Å². The van der Waals surface area contributed by atoms with E-state index >= 15 is 0 Å². The summed E-state index contributed by atoms with van der Waals surface area (Å²) in [7, 11) is 2.97. The van der Waals surface area contributed by atoms with Crippen LogP contribution in [0.25, 0.3) is 0 Å². The van der Waals surface area contributed by atoms with Crippen LogP contribution in [0.4, 0.5) is 0 Å². The Labute approximate surface area is 68.8 Å². The fourth-order valence-corrected chi connectivity index (χ4v) is 0. The van der Waals surface area contributed by atoms with Gasteiger partial charge in [0.2, 0.25) is 0 Å². The molecule has 0 aliphatic heterocycles. The van der Waals surface area contributed by atoms with Crippen LogP contribution in [0, 0.1) is 14.0 Å². The molecule has 0 atom stereocenters. The van der Waals surface area contributed by atoms with Crippen molar-refractivity contribution in [1.82, 2.24) is 0 Å². The van der Waals surface area contributed by atoms with Crippen molar-refractivity contribution in [2.45, 2.75) is 0 Å². The Kier molecular flexibility index (Phi) is 51.2. The fraction of sp³-hybridized carbons (Fsp3) is 0.250. The van der Waals surface area contributed by atoms with Gasteiger partial charge in [-0.25, -0.2) is 7.11 Å². The Hall–Kier alpha value is 0.478. The van der Waals surface area contributed by atoms with Crippen LogP contribution in [0.3, 0.4) is 0 Å². The molecule has 0 amide bonds. The number of carbonyl (C=O) groups excluding carboxylic acids is 1. The molecule has 0 fully saturated rings. The maximum atomic E-state index is 8.69. The second-order valence-electron chi connectivity index (χ2n) is 0.480. The zero-order valence-corrected chi connectivity index (χ0v) is 7.99. The van der Waals surface area contributed by atoms with Gasteiger partial charge >= 0.3 is 21.1 Å². The van der Waals surface area contributed by atoms with E-state index in [4.69, 9.17) is 16.4 Å². The zero-order valence-electron chi connectivity index (χ0n) is 4.30. The standard InChI is InChI=1S/C2H4ClO.C2H3O.W/c1-4-2-3;1-2-3;/h1-2H2;2H,1H2;/q2*-1;+2. The van der Waals surface area contributed by atoms with Gasteiger partial charge in [-0.3, -0.25) is 0 Å². The molecule has 0 aliphatic rings. The third-order valence-electron chi connectivity index (χ3n) is 0.0772. The van der Waals surface area contributed by atoms with Gasteiger partial charge < -0.3 is 16.5 Å². The molecule has 0 aromatic heterocycles. The number of hydrogen-bond acceptors (Lipinski definition) is 2. The minimum atomic E-state index is 0. The maximum absolute atomic E-state index is 8.69. The molecule has 48 valence electrons. The minimum Gasteiger partial charge on any atom is -0.544 e. The minimum absolute atomic E-state index is 0. The molecule has 0 unspecified atom stereocenters. The molecule has 0 N–H and O–H groups in total. The van der Waals surface area contributed by atoms with Gasteiger partial charge in [0, 0.05) is 0 Å². The molecule has 0 aromatic carbocycles. The Morgan fingerprint density at radius 2 is 1.88 bits per heavy atom. The van der Waals surface area contributed by atoms with Crippen LogP contribution >= 0.6 is 11.6 Å². The SMILES string of the molecule is [CH2-]C=O.[CH2-]OCCl.[W+2]. The van der Waals surface area contributed by atoms with Gasteiger partial charge in [-0.2, -0.15) is 0 Å². The average Bonchev–Trinajstić information content (AvgIpc) is 1.69. The summed E-state index contributed by atoms with van der Waals surface area (Å²) in [6, 6.07) is 0.181. The summed E-state index contributed by atoms with van der Waals surface area (Å²) < 4.78 is 4.06. The van der Waals surface area contributed by atoms with Crippen LogP contribution in [-0.2, 0) is 30.6 Å². The largest absolute Gasteiger partial charge is 2.00 e. The smallest absolute Gasteiger partial charge is 0.544 e. The molecule has 0 bridgehead atoms.